The van der Waals surface area contributed by atoms with E-state index in [4.69, 9.17) is 0 Å². The van der Waals surface area contributed by atoms with Crippen LogP contribution in [-0.4, -0.2) is 26.9 Å². The molecule has 1 aromatic carbocycles. The van der Waals surface area contributed by atoms with Crippen molar-refractivity contribution in [3.05, 3.63) is 46.4 Å². The van der Waals surface area contributed by atoms with Gasteiger partial charge in [0.2, 0.25) is 5.91 Å². The van der Waals surface area contributed by atoms with E-state index in [1.807, 2.05) is 30.5 Å². The van der Waals surface area contributed by atoms with Crippen molar-refractivity contribution in [3.8, 4) is 0 Å². The number of carbonyl (C=O) groups excluding carboxylic acids is 2. The second kappa shape index (κ2) is 6.77. The Kier molecular flexibility index (Phi) is 4.31. The van der Waals surface area contributed by atoms with Gasteiger partial charge in [-0.25, -0.2) is 9.98 Å². The number of thioether (sulfide) groups is 1. The van der Waals surface area contributed by atoms with Gasteiger partial charge in [0, 0.05) is 24.7 Å². The van der Waals surface area contributed by atoms with E-state index in [2.05, 4.69) is 25.6 Å². The van der Waals surface area contributed by atoms with Crippen LogP contribution < -0.4 is 10.6 Å². The zero-order valence-corrected chi connectivity index (χ0v) is 15.2. The van der Waals surface area contributed by atoms with Crippen molar-refractivity contribution in [2.45, 2.75) is 6.92 Å². The Balaban J connectivity index is 1.58. The maximum absolute atomic E-state index is 12.2. The third-order valence-electron chi connectivity index (χ3n) is 3.52. The van der Waals surface area contributed by atoms with E-state index in [-0.39, 0.29) is 11.8 Å². The molecule has 26 heavy (non-hydrogen) atoms. The summed E-state index contributed by atoms with van der Waals surface area (Å²) in [4.78, 5) is 36.4. The molecule has 3 N–H and O–H groups in total. The molecule has 4 rings (SSSR count). The summed E-state index contributed by atoms with van der Waals surface area (Å²) in [7, 11) is 0. The fourth-order valence-corrected chi connectivity index (χ4v) is 4.15. The molecule has 3 heterocycles. The van der Waals surface area contributed by atoms with Crippen LogP contribution >= 0.6 is 23.1 Å². The van der Waals surface area contributed by atoms with Gasteiger partial charge < -0.3 is 15.6 Å². The number of amidine groups is 1. The number of thiazole rings is 1. The van der Waals surface area contributed by atoms with Crippen molar-refractivity contribution in [2.75, 3.05) is 5.32 Å². The molecule has 3 aromatic rings. The number of fused-ring (bicyclic) bond motifs is 1. The number of amides is 2. The van der Waals surface area contributed by atoms with Gasteiger partial charge in [-0.2, -0.15) is 0 Å². The van der Waals surface area contributed by atoms with Crippen molar-refractivity contribution in [1.29, 1.82) is 0 Å². The lowest BCUT2D eigenvalue weighted by molar-refractivity contribution is -0.115. The van der Waals surface area contributed by atoms with Gasteiger partial charge in [-0.15, -0.1) is 0 Å². The van der Waals surface area contributed by atoms with Crippen LogP contribution in [0.25, 0.3) is 17.0 Å². The summed E-state index contributed by atoms with van der Waals surface area (Å²) in [5.41, 5.74) is 1.69. The number of hydrogen-bond acceptors (Lipinski definition) is 6. The molecule has 130 valence electrons. The first-order valence-electron chi connectivity index (χ1n) is 7.67. The van der Waals surface area contributed by atoms with Crippen molar-refractivity contribution < 1.29 is 9.59 Å². The van der Waals surface area contributed by atoms with Gasteiger partial charge in [0.15, 0.2) is 10.3 Å². The summed E-state index contributed by atoms with van der Waals surface area (Å²) in [6.45, 7) is 1.42. The fourth-order valence-electron chi connectivity index (χ4n) is 2.44. The highest BCUT2D eigenvalue weighted by Crippen LogP contribution is 2.32. The average Bonchev–Trinajstić information content (AvgIpc) is 3.29. The minimum atomic E-state index is -0.207. The number of rotatable bonds is 3. The summed E-state index contributed by atoms with van der Waals surface area (Å²) in [5, 5.41) is 7.48. The molecule has 0 bridgehead atoms. The van der Waals surface area contributed by atoms with Crippen LogP contribution in [0, 0.1) is 0 Å². The number of hydrogen-bond donors (Lipinski definition) is 3. The highest BCUT2D eigenvalue weighted by atomic mass is 32.2. The number of benzene rings is 1. The van der Waals surface area contributed by atoms with Crippen molar-refractivity contribution in [3.63, 3.8) is 0 Å². The zero-order chi connectivity index (χ0) is 18.1. The van der Waals surface area contributed by atoms with Gasteiger partial charge in [0.25, 0.3) is 5.91 Å². The fraction of sp³-hybridized carbons (Fsp3) is 0.0588. The Morgan fingerprint density at radius 1 is 1.35 bits per heavy atom. The molecular formula is C17H13N5O2S2. The number of aliphatic imine (C=N–C) groups is 1. The Morgan fingerprint density at radius 2 is 2.23 bits per heavy atom. The van der Waals surface area contributed by atoms with E-state index in [1.165, 1.54) is 30.0 Å². The minimum absolute atomic E-state index is 0.181. The molecule has 0 spiro atoms. The summed E-state index contributed by atoms with van der Waals surface area (Å²) in [5.74, 6) is -0.388. The van der Waals surface area contributed by atoms with E-state index < -0.39 is 0 Å². The molecule has 1 fully saturated rings. The number of H-pyrrole nitrogens is 1. The van der Waals surface area contributed by atoms with Crippen LogP contribution in [0.3, 0.4) is 0 Å². The first-order chi connectivity index (χ1) is 12.6. The molecule has 0 saturated carbocycles. The number of carbonyl (C=O) groups is 2. The van der Waals surface area contributed by atoms with E-state index in [0.29, 0.717) is 15.2 Å². The SMILES string of the molecule is CC(=O)Nc1ncc(C=C2SC(=Nc3cccc4cc[nH]c34)NC2=O)s1. The van der Waals surface area contributed by atoms with Crippen LogP contribution in [-0.2, 0) is 9.59 Å². The molecular weight excluding hydrogens is 370 g/mol. The van der Waals surface area contributed by atoms with Crippen LogP contribution in [0.1, 0.15) is 11.8 Å². The summed E-state index contributed by atoms with van der Waals surface area (Å²) in [6.07, 6.45) is 5.21. The first kappa shape index (κ1) is 16.6. The van der Waals surface area contributed by atoms with Crippen molar-refractivity contribution in [1.82, 2.24) is 15.3 Å². The van der Waals surface area contributed by atoms with Crippen LogP contribution in [0.4, 0.5) is 10.8 Å². The highest BCUT2D eigenvalue weighted by Gasteiger charge is 2.24. The Labute approximate surface area is 156 Å². The van der Waals surface area contributed by atoms with Crippen LogP contribution in [0.2, 0.25) is 0 Å². The summed E-state index contributed by atoms with van der Waals surface area (Å²) < 4.78 is 0. The quantitative estimate of drug-likeness (QED) is 0.603. The maximum Gasteiger partial charge on any atom is 0.264 e. The molecule has 7 nitrogen and oxygen atoms in total. The van der Waals surface area contributed by atoms with Gasteiger partial charge in [-0.1, -0.05) is 23.5 Å². The lowest BCUT2D eigenvalue weighted by Gasteiger charge is -1.98. The smallest absolute Gasteiger partial charge is 0.264 e. The van der Waals surface area contributed by atoms with Crippen molar-refractivity contribution >= 4 is 67.9 Å². The molecule has 1 saturated heterocycles. The van der Waals surface area contributed by atoms with Crippen LogP contribution in [0.15, 0.2) is 46.6 Å². The Hall–Kier alpha value is -2.91. The van der Waals surface area contributed by atoms with Gasteiger partial charge in [0.1, 0.15) is 0 Å². The van der Waals surface area contributed by atoms with E-state index in [9.17, 15) is 9.59 Å². The second-order valence-corrected chi connectivity index (χ2v) is 7.54. The molecule has 1 aliphatic heterocycles. The van der Waals surface area contributed by atoms with Gasteiger partial charge in [-0.3, -0.25) is 9.59 Å². The lowest BCUT2D eigenvalue weighted by Crippen LogP contribution is -2.19. The number of aromatic amines is 1. The number of anilines is 1. The molecule has 9 heteroatoms. The average molecular weight is 383 g/mol. The van der Waals surface area contributed by atoms with Gasteiger partial charge >= 0.3 is 0 Å². The lowest BCUT2D eigenvalue weighted by atomic mass is 10.2. The van der Waals surface area contributed by atoms with Gasteiger partial charge in [-0.05, 0) is 30.0 Å². The molecule has 2 aromatic heterocycles. The number of aromatic nitrogens is 2. The third kappa shape index (κ3) is 3.39. The predicted molar refractivity (Wildman–Crippen MR) is 106 cm³/mol. The monoisotopic (exact) mass is 383 g/mol. The normalized spacial score (nSPS) is 17.2. The Bertz CT molecular complexity index is 1080. The zero-order valence-electron chi connectivity index (χ0n) is 13.6. The molecule has 0 radical (unpaired) electrons. The molecule has 0 unspecified atom stereocenters. The van der Waals surface area contributed by atoms with Crippen molar-refractivity contribution in [2.24, 2.45) is 4.99 Å². The standard InChI is InChI=1S/C17H13N5O2S2/c1-9(23)20-16-19-8-11(25-16)7-13-15(24)22-17(26-13)21-12-4-2-3-10-5-6-18-14(10)12/h2-8,18H,1H3,(H,19,20,23)(H,21,22,24). The number of nitrogens with zero attached hydrogens (tertiary/aromatic N) is 2. The third-order valence-corrected chi connectivity index (χ3v) is 5.29. The molecule has 2 amide bonds. The van der Waals surface area contributed by atoms with Gasteiger partial charge in [0.05, 0.1) is 21.0 Å². The summed E-state index contributed by atoms with van der Waals surface area (Å²) >= 11 is 2.57. The maximum atomic E-state index is 12.2. The van der Waals surface area contributed by atoms with E-state index in [1.54, 1.807) is 12.3 Å². The topological polar surface area (TPSA) is 99.2 Å². The van der Waals surface area contributed by atoms with Crippen LogP contribution in [0.5, 0.6) is 0 Å². The Morgan fingerprint density at radius 3 is 3.08 bits per heavy atom. The van der Waals surface area contributed by atoms with E-state index >= 15 is 0 Å². The second-order valence-electron chi connectivity index (χ2n) is 5.45. The number of para-hydroxylation sites is 1. The number of nitrogens with one attached hydrogen (secondary N) is 3. The first-order valence-corrected chi connectivity index (χ1v) is 9.31. The van der Waals surface area contributed by atoms with E-state index in [0.717, 1.165) is 21.5 Å². The minimum Gasteiger partial charge on any atom is -0.359 e. The summed E-state index contributed by atoms with van der Waals surface area (Å²) in [6, 6.07) is 7.79. The predicted octanol–water partition coefficient (Wildman–Crippen LogP) is 3.47. The molecule has 0 aliphatic carbocycles. The highest BCUT2D eigenvalue weighted by molar-refractivity contribution is 8.18. The molecule has 0 atom stereocenters. The largest absolute Gasteiger partial charge is 0.359 e. The molecule has 1 aliphatic rings.